The van der Waals surface area contributed by atoms with Crippen molar-refractivity contribution in [1.29, 1.82) is 0 Å². The zero-order valence-corrected chi connectivity index (χ0v) is 18.1. The van der Waals surface area contributed by atoms with Crippen molar-refractivity contribution in [3.63, 3.8) is 0 Å². The van der Waals surface area contributed by atoms with E-state index >= 15 is 0 Å². The Balaban J connectivity index is 1.48. The van der Waals surface area contributed by atoms with Crippen molar-refractivity contribution < 1.29 is 14.3 Å². The van der Waals surface area contributed by atoms with Gasteiger partial charge in [-0.25, -0.2) is 4.79 Å². The van der Waals surface area contributed by atoms with Gasteiger partial charge in [0, 0.05) is 48.2 Å². The summed E-state index contributed by atoms with van der Waals surface area (Å²) < 4.78 is 12.4. The van der Waals surface area contributed by atoms with E-state index in [-0.39, 0.29) is 23.8 Å². The number of carbonyl (C=O) groups is 1. The lowest BCUT2D eigenvalue weighted by Crippen LogP contribution is -2.45. The predicted octanol–water partition coefficient (Wildman–Crippen LogP) is 3.63. The van der Waals surface area contributed by atoms with Gasteiger partial charge in [0.2, 0.25) is 0 Å². The third-order valence-electron chi connectivity index (χ3n) is 6.19. The van der Waals surface area contributed by atoms with Crippen LogP contribution in [0.4, 0.5) is 5.69 Å². The van der Waals surface area contributed by atoms with Crippen LogP contribution in [0.1, 0.15) is 35.4 Å². The first kappa shape index (κ1) is 20.3. The summed E-state index contributed by atoms with van der Waals surface area (Å²) in [6.45, 7) is 4.10. The minimum absolute atomic E-state index is 0.0547. The van der Waals surface area contributed by atoms with Gasteiger partial charge in [0.05, 0.1) is 13.7 Å². The van der Waals surface area contributed by atoms with Gasteiger partial charge in [-0.15, -0.1) is 5.11 Å². The molecule has 2 aromatic heterocycles. The molecule has 2 aliphatic rings. The fraction of sp³-hybridized carbons (Fsp3) is 0.391. The smallest absolute Gasteiger partial charge is 0.357 e. The molecule has 2 bridgehead atoms. The van der Waals surface area contributed by atoms with Crippen LogP contribution in [-0.4, -0.2) is 47.3 Å². The van der Waals surface area contributed by atoms with Crippen molar-refractivity contribution >= 4 is 22.6 Å². The maximum atomic E-state index is 12.5. The third kappa shape index (κ3) is 3.53. The highest BCUT2D eigenvalue weighted by atomic mass is 16.5. The number of nitrogens with zero attached hydrogens (tertiary/aromatic N) is 4. The summed E-state index contributed by atoms with van der Waals surface area (Å²) in [4.78, 5) is 27.9. The van der Waals surface area contributed by atoms with Crippen LogP contribution in [0.5, 0.6) is 5.75 Å². The Labute approximate surface area is 184 Å². The van der Waals surface area contributed by atoms with E-state index in [1.165, 1.54) is 0 Å². The first-order chi connectivity index (χ1) is 15.6. The highest BCUT2D eigenvalue weighted by Gasteiger charge is 2.34. The fourth-order valence-corrected chi connectivity index (χ4v) is 4.79. The maximum absolute atomic E-state index is 12.5. The number of aromatic amines is 1. The van der Waals surface area contributed by atoms with Gasteiger partial charge in [0.1, 0.15) is 11.4 Å². The second-order valence-electron chi connectivity index (χ2n) is 8.24. The van der Waals surface area contributed by atoms with Crippen LogP contribution in [0.25, 0.3) is 10.9 Å². The minimum atomic E-state index is -0.472. The molecule has 0 saturated carbocycles. The molecule has 0 unspecified atom stereocenters. The van der Waals surface area contributed by atoms with E-state index in [0.29, 0.717) is 37.0 Å². The Hall–Kier alpha value is -3.62. The van der Waals surface area contributed by atoms with E-state index in [1.54, 1.807) is 20.1 Å². The lowest BCUT2D eigenvalue weighted by atomic mass is 9.84. The number of benzene rings is 1. The molecule has 3 aromatic rings. The first-order valence-corrected chi connectivity index (χ1v) is 10.8. The number of hydrogen-bond acceptors (Lipinski definition) is 6. The fourth-order valence-electron chi connectivity index (χ4n) is 4.79. The van der Waals surface area contributed by atoms with Gasteiger partial charge in [-0.3, -0.25) is 9.80 Å². The molecule has 0 amide bonds. The van der Waals surface area contributed by atoms with Gasteiger partial charge in [-0.1, -0.05) is 11.3 Å². The van der Waals surface area contributed by atoms with Crippen LogP contribution in [0.15, 0.2) is 51.5 Å². The predicted molar refractivity (Wildman–Crippen MR) is 118 cm³/mol. The van der Waals surface area contributed by atoms with Crippen LogP contribution in [-0.2, 0) is 11.3 Å². The van der Waals surface area contributed by atoms with E-state index in [2.05, 4.69) is 15.3 Å². The normalized spacial score (nSPS) is 19.9. The van der Waals surface area contributed by atoms with E-state index < -0.39 is 5.97 Å². The van der Waals surface area contributed by atoms with Crippen molar-refractivity contribution in [2.45, 2.75) is 25.8 Å². The molecule has 1 saturated heterocycles. The zero-order valence-electron chi connectivity index (χ0n) is 18.1. The Kier molecular flexibility index (Phi) is 5.16. The van der Waals surface area contributed by atoms with E-state index in [4.69, 9.17) is 9.47 Å². The number of pyridine rings is 1. The van der Waals surface area contributed by atoms with Crippen molar-refractivity contribution in [2.75, 3.05) is 26.8 Å². The summed E-state index contributed by atoms with van der Waals surface area (Å²) in [6, 6.07) is 10.9. The number of ether oxygens (including phenoxy) is 2. The number of aromatic nitrogens is 2. The van der Waals surface area contributed by atoms with Crippen LogP contribution in [0.3, 0.4) is 0 Å². The molecule has 32 heavy (non-hydrogen) atoms. The van der Waals surface area contributed by atoms with Crippen molar-refractivity contribution in [3.05, 3.63) is 58.1 Å². The molecule has 166 valence electrons. The highest BCUT2D eigenvalue weighted by molar-refractivity contribution is 6.05. The van der Waals surface area contributed by atoms with Crippen LogP contribution < -0.4 is 10.3 Å². The molecular formula is C23H25N5O4. The molecule has 1 fully saturated rings. The van der Waals surface area contributed by atoms with Crippen LogP contribution in [0, 0.1) is 5.92 Å². The van der Waals surface area contributed by atoms with Crippen molar-refractivity contribution in [1.82, 2.24) is 14.6 Å². The number of methoxy groups -OCH3 is 1. The summed E-state index contributed by atoms with van der Waals surface area (Å²) in [6.07, 6.45) is 1.04. The largest absolute Gasteiger partial charge is 0.497 e. The molecule has 4 heterocycles. The number of esters is 1. The number of carbonyl (C=O) groups excluding carboxylic acids is 1. The zero-order chi connectivity index (χ0) is 22.2. The number of hydrogen-bond donors (Lipinski definition) is 1. The number of nitrogens with one attached hydrogen (secondary N) is 1. The number of piperidine rings is 1. The SMILES string of the molecule is CCOC(=O)c1[nH]c2ccc(OC)cc2c1N=NN1C[C@@H]2C[C@H](C1)c1cccc(=O)n1C2. The number of rotatable bonds is 5. The molecule has 2 atom stereocenters. The number of fused-ring (bicyclic) bond motifs is 5. The topological polar surface area (TPSA) is 101 Å². The molecule has 9 nitrogen and oxygen atoms in total. The molecule has 5 rings (SSSR count). The highest BCUT2D eigenvalue weighted by Crippen LogP contribution is 2.37. The molecule has 1 aromatic carbocycles. The monoisotopic (exact) mass is 435 g/mol. The Morgan fingerprint density at radius 3 is 2.91 bits per heavy atom. The average Bonchev–Trinajstić information content (AvgIpc) is 3.16. The Morgan fingerprint density at radius 2 is 2.09 bits per heavy atom. The molecular weight excluding hydrogens is 410 g/mol. The molecule has 1 N–H and O–H groups in total. The van der Waals surface area contributed by atoms with E-state index in [1.807, 2.05) is 39.9 Å². The number of H-pyrrole nitrogens is 1. The third-order valence-corrected chi connectivity index (χ3v) is 6.19. The van der Waals surface area contributed by atoms with Crippen molar-refractivity contribution in [3.8, 4) is 5.75 Å². The molecule has 0 aliphatic carbocycles. The minimum Gasteiger partial charge on any atom is -0.497 e. The van der Waals surface area contributed by atoms with Gasteiger partial charge in [0.15, 0.2) is 5.69 Å². The lowest BCUT2D eigenvalue weighted by molar-refractivity contribution is 0.0521. The van der Waals surface area contributed by atoms with Gasteiger partial charge < -0.3 is 19.0 Å². The summed E-state index contributed by atoms with van der Waals surface area (Å²) in [5.41, 5.74) is 2.57. The Bertz CT molecular complexity index is 1260. The standard InChI is InChI=1S/C23H25N5O4/c1-3-32-23(30)22-21(17-10-16(31-2)7-8-18(17)24-22)25-26-27-11-14-9-15(13-27)19-5-4-6-20(29)28(19)12-14/h4-8,10,14-15,24H,3,9,11-13H2,1-2H3/t14-,15+/m0/s1. The van der Waals surface area contributed by atoms with Crippen molar-refractivity contribution in [2.24, 2.45) is 16.3 Å². The summed E-state index contributed by atoms with van der Waals surface area (Å²) in [5, 5.41) is 11.7. The quantitative estimate of drug-likeness (QED) is 0.487. The second kappa shape index (κ2) is 8.14. The average molecular weight is 435 g/mol. The summed E-state index contributed by atoms with van der Waals surface area (Å²) in [5.74, 6) is 0.745. The maximum Gasteiger partial charge on any atom is 0.357 e. The lowest BCUT2D eigenvalue weighted by Gasteiger charge is -2.40. The molecule has 0 radical (unpaired) electrons. The van der Waals surface area contributed by atoms with Gasteiger partial charge in [-0.05, 0) is 43.5 Å². The Morgan fingerprint density at radius 1 is 1.22 bits per heavy atom. The van der Waals surface area contributed by atoms with E-state index in [0.717, 1.165) is 23.0 Å². The summed E-state index contributed by atoms with van der Waals surface area (Å²) in [7, 11) is 1.59. The summed E-state index contributed by atoms with van der Waals surface area (Å²) >= 11 is 0. The van der Waals surface area contributed by atoms with Gasteiger partial charge in [-0.2, -0.15) is 0 Å². The van der Waals surface area contributed by atoms with Crippen LogP contribution in [0.2, 0.25) is 0 Å². The molecule has 2 aliphatic heterocycles. The molecule has 9 heteroatoms. The van der Waals surface area contributed by atoms with Gasteiger partial charge >= 0.3 is 5.97 Å². The first-order valence-electron chi connectivity index (χ1n) is 10.8. The second-order valence-corrected chi connectivity index (χ2v) is 8.24. The van der Waals surface area contributed by atoms with E-state index in [9.17, 15) is 9.59 Å². The molecule has 0 spiro atoms. The van der Waals surface area contributed by atoms with Crippen LogP contribution >= 0.6 is 0 Å². The van der Waals surface area contributed by atoms with Gasteiger partial charge in [0.25, 0.3) is 5.56 Å².